The highest BCUT2D eigenvalue weighted by Crippen LogP contribution is 2.12. The lowest BCUT2D eigenvalue weighted by atomic mass is 10.1. The second-order valence-corrected chi connectivity index (χ2v) is 8.17. The second kappa shape index (κ2) is 8.24. The van der Waals surface area contributed by atoms with Crippen molar-refractivity contribution < 1.29 is 18.0 Å². The summed E-state index contributed by atoms with van der Waals surface area (Å²) >= 11 is 0. The van der Waals surface area contributed by atoms with Gasteiger partial charge in [-0.2, -0.15) is 5.10 Å². The van der Waals surface area contributed by atoms with Gasteiger partial charge in [0.2, 0.25) is 5.91 Å². The monoisotopic (exact) mass is 365 g/mol. The molecule has 2 amide bonds. The number of carbonyl (C=O) groups excluding carboxylic acids is 2. The Balaban J connectivity index is 1.95. The number of amides is 2. The van der Waals surface area contributed by atoms with Crippen LogP contribution in [0, 0.1) is 0 Å². The molecular weight excluding hydrogens is 342 g/mol. The summed E-state index contributed by atoms with van der Waals surface area (Å²) in [6.07, 6.45) is 4.42. The van der Waals surface area contributed by atoms with Crippen molar-refractivity contribution in [1.29, 1.82) is 0 Å². The first kappa shape index (κ1) is 19.1. The van der Waals surface area contributed by atoms with Gasteiger partial charge >= 0.3 is 0 Å². The molecule has 1 aliphatic rings. The van der Waals surface area contributed by atoms with Crippen molar-refractivity contribution >= 4 is 27.4 Å². The molecule has 0 saturated carbocycles. The Hall–Kier alpha value is -2.22. The third kappa shape index (κ3) is 5.67. The van der Waals surface area contributed by atoms with Gasteiger partial charge in [-0.1, -0.05) is 18.6 Å². The van der Waals surface area contributed by atoms with E-state index in [1.54, 1.807) is 24.0 Å². The van der Waals surface area contributed by atoms with Crippen molar-refractivity contribution in [3.05, 3.63) is 29.8 Å². The molecule has 1 aliphatic heterocycles. The zero-order valence-corrected chi connectivity index (χ0v) is 15.3. The van der Waals surface area contributed by atoms with Gasteiger partial charge in [-0.05, 0) is 37.5 Å². The summed E-state index contributed by atoms with van der Waals surface area (Å²) in [5, 5.41) is 4.03. The largest absolute Gasteiger partial charge is 0.333 e. The standard InChI is InChI=1S/C17H23N3O4S/c1-13(14-7-9-15(10-8-14)25(2,23)24)18-19-16(21)12-20-11-5-3-4-6-17(20)22/h7-10H,3-6,11-12H2,1-2H3,(H,19,21)/b18-13-. The van der Waals surface area contributed by atoms with Crippen molar-refractivity contribution in [3.8, 4) is 0 Å². The summed E-state index contributed by atoms with van der Waals surface area (Å²) in [7, 11) is -3.24. The van der Waals surface area contributed by atoms with Crippen LogP contribution in [0.25, 0.3) is 0 Å². The topological polar surface area (TPSA) is 95.9 Å². The van der Waals surface area contributed by atoms with E-state index < -0.39 is 9.84 Å². The smallest absolute Gasteiger partial charge is 0.259 e. The first-order valence-corrected chi connectivity index (χ1v) is 10.1. The van der Waals surface area contributed by atoms with Crippen LogP contribution in [0.3, 0.4) is 0 Å². The van der Waals surface area contributed by atoms with E-state index in [-0.39, 0.29) is 23.3 Å². The van der Waals surface area contributed by atoms with Gasteiger partial charge in [0.1, 0.15) is 6.54 Å². The molecular formula is C17H23N3O4S. The average Bonchev–Trinajstić information content (AvgIpc) is 2.77. The normalized spacial score (nSPS) is 16.5. The van der Waals surface area contributed by atoms with Gasteiger partial charge in [0.25, 0.3) is 5.91 Å². The average molecular weight is 365 g/mol. The molecule has 1 fully saturated rings. The number of likely N-dealkylation sites (tertiary alicyclic amines) is 1. The molecule has 0 unspecified atom stereocenters. The van der Waals surface area contributed by atoms with Crippen molar-refractivity contribution in [2.45, 2.75) is 37.5 Å². The Morgan fingerprint density at radius 2 is 1.88 bits per heavy atom. The minimum atomic E-state index is -3.24. The fourth-order valence-electron chi connectivity index (χ4n) is 2.57. The lowest BCUT2D eigenvalue weighted by Gasteiger charge is -2.19. The summed E-state index contributed by atoms with van der Waals surface area (Å²) in [6, 6.07) is 6.28. The number of nitrogens with one attached hydrogen (secondary N) is 1. The van der Waals surface area contributed by atoms with Crippen molar-refractivity contribution in [2.75, 3.05) is 19.3 Å². The molecule has 1 aromatic rings. The number of benzene rings is 1. The highest BCUT2D eigenvalue weighted by Gasteiger charge is 2.19. The molecule has 0 radical (unpaired) electrons. The van der Waals surface area contributed by atoms with E-state index in [1.165, 1.54) is 12.1 Å². The maximum absolute atomic E-state index is 12.0. The number of carbonyl (C=O) groups is 2. The van der Waals surface area contributed by atoms with Crippen LogP contribution in [-0.2, 0) is 19.4 Å². The number of hydrogen-bond acceptors (Lipinski definition) is 5. The van der Waals surface area contributed by atoms with Gasteiger partial charge < -0.3 is 4.90 Å². The van der Waals surface area contributed by atoms with Crippen LogP contribution in [0.5, 0.6) is 0 Å². The van der Waals surface area contributed by atoms with E-state index in [4.69, 9.17) is 0 Å². The van der Waals surface area contributed by atoms with Crippen molar-refractivity contribution in [3.63, 3.8) is 0 Å². The quantitative estimate of drug-likeness (QED) is 0.629. The molecule has 8 heteroatoms. The Morgan fingerprint density at radius 1 is 1.20 bits per heavy atom. The van der Waals surface area contributed by atoms with Crippen LogP contribution in [0.1, 0.15) is 38.2 Å². The van der Waals surface area contributed by atoms with Gasteiger partial charge in [-0.3, -0.25) is 9.59 Å². The Kier molecular flexibility index (Phi) is 6.30. The Bertz CT molecular complexity index is 770. The minimum Gasteiger partial charge on any atom is -0.333 e. The molecule has 1 N–H and O–H groups in total. The predicted octanol–water partition coefficient (Wildman–Crippen LogP) is 1.33. The summed E-state index contributed by atoms with van der Waals surface area (Å²) in [6.45, 7) is 2.32. The zero-order valence-electron chi connectivity index (χ0n) is 14.5. The molecule has 0 bridgehead atoms. The van der Waals surface area contributed by atoms with E-state index in [0.29, 0.717) is 24.2 Å². The lowest BCUT2D eigenvalue weighted by molar-refractivity contribution is -0.135. The lowest BCUT2D eigenvalue weighted by Crippen LogP contribution is -2.39. The van der Waals surface area contributed by atoms with Crippen LogP contribution in [0.2, 0.25) is 0 Å². The van der Waals surface area contributed by atoms with E-state index in [1.807, 2.05) is 0 Å². The number of hydrazone groups is 1. The van der Waals surface area contributed by atoms with Crippen molar-refractivity contribution in [1.82, 2.24) is 10.3 Å². The van der Waals surface area contributed by atoms with Crippen LogP contribution in [0.15, 0.2) is 34.3 Å². The van der Waals surface area contributed by atoms with Crippen LogP contribution in [0.4, 0.5) is 0 Å². The van der Waals surface area contributed by atoms with Gasteiger partial charge in [-0.15, -0.1) is 0 Å². The van der Waals surface area contributed by atoms with E-state index in [0.717, 1.165) is 25.5 Å². The summed E-state index contributed by atoms with van der Waals surface area (Å²) < 4.78 is 22.9. The fraction of sp³-hybridized carbons (Fsp3) is 0.471. The van der Waals surface area contributed by atoms with Gasteiger partial charge in [0, 0.05) is 19.2 Å². The Labute approximate surface area is 148 Å². The van der Waals surface area contributed by atoms with Crippen LogP contribution >= 0.6 is 0 Å². The maximum atomic E-state index is 12.0. The summed E-state index contributed by atoms with van der Waals surface area (Å²) in [5.41, 5.74) is 3.71. The molecule has 1 saturated heterocycles. The minimum absolute atomic E-state index is 0.00261. The van der Waals surface area contributed by atoms with E-state index in [9.17, 15) is 18.0 Å². The fourth-order valence-corrected chi connectivity index (χ4v) is 3.20. The first-order valence-electron chi connectivity index (χ1n) is 8.19. The molecule has 2 rings (SSSR count). The summed E-state index contributed by atoms with van der Waals surface area (Å²) in [5.74, 6) is -0.341. The number of hydrogen-bond donors (Lipinski definition) is 1. The molecule has 0 aliphatic carbocycles. The van der Waals surface area contributed by atoms with Gasteiger partial charge in [0.05, 0.1) is 10.6 Å². The zero-order chi connectivity index (χ0) is 18.4. The molecule has 0 atom stereocenters. The molecule has 7 nitrogen and oxygen atoms in total. The summed E-state index contributed by atoms with van der Waals surface area (Å²) in [4.78, 5) is 25.7. The molecule has 25 heavy (non-hydrogen) atoms. The van der Waals surface area contributed by atoms with Crippen LogP contribution < -0.4 is 5.43 Å². The van der Waals surface area contributed by atoms with Crippen LogP contribution in [-0.4, -0.2) is 50.2 Å². The second-order valence-electron chi connectivity index (χ2n) is 6.15. The Morgan fingerprint density at radius 3 is 2.52 bits per heavy atom. The third-order valence-electron chi connectivity index (χ3n) is 4.05. The highest BCUT2D eigenvalue weighted by molar-refractivity contribution is 7.90. The van der Waals surface area contributed by atoms with E-state index in [2.05, 4.69) is 10.5 Å². The number of nitrogens with zero attached hydrogens (tertiary/aromatic N) is 2. The molecule has 0 aromatic heterocycles. The van der Waals surface area contributed by atoms with Gasteiger partial charge in [-0.25, -0.2) is 13.8 Å². The highest BCUT2D eigenvalue weighted by atomic mass is 32.2. The first-order chi connectivity index (χ1) is 11.8. The van der Waals surface area contributed by atoms with Crippen molar-refractivity contribution in [2.24, 2.45) is 5.10 Å². The molecule has 1 aromatic carbocycles. The predicted molar refractivity (Wildman–Crippen MR) is 95.0 cm³/mol. The number of rotatable bonds is 5. The maximum Gasteiger partial charge on any atom is 0.259 e. The molecule has 1 heterocycles. The van der Waals surface area contributed by atoms with Gasteiger partial charge in [0.15, 0.2) is 9.84 Å². The van der Waals surface area contributed by atoms with E-state index >= 15 is 0 Å². The molecule has 136 valence electrons. The third-order valence-corrected chi connectivity index (χ3v) is 5.18. The number of sulfone groups is 1. The molecule has 0 spiro atoms. The SMILES string of the molecule is C/C(=N/NC(=O)CN1CCCCCC1=O)c1ccc(S(C)(=O)=O)cc1.